The van der Waals surface area contributed by atoms with Crippen molar-refractivity contribution >= 4 is 0 Å². The van der Waals surface area contributed by atoms with Gasteiger partial charge in [0.25, 0.3) is 0 Å². The fourth-order valence-electron chi connectivity index (χ4n) is 2.40. The van der Waals surface area contributed by atoms with Crippen LogP contribution in [-0.2, 0) is 0 Å². The molecule has 120 valence electrons. The molecule has 6 nitrogen and oxygen atoms in total. The number of aromatic amines is 1. The number of aryl methyl sites for hydroxylation is 1. The number of aliphatic hydroxyl groups excluding tert-OH is 1. The van der Waals surface area contributed by atoms with Crippen LogP contribution in [0.4, 0.5) is 0 Å². The van der Waals surface area contributed by atoms with E-state index in [0.717, 1.165) is 11.3 Å². The summed E-state index contributed by atoms with van der Waals surface area (Å²) in [5.41, 5.74) is 2.81. The highest BCUT2D eigenvalue weighted by atomic mass is 16.5. The van der Waals surface area contributed by atoms with Crippen LogP contribution in [0, 0.1) is 6.92 Å². The fraction of sp³-hybridized carbons (Fsp3) is 0.438. The van der Waals surface area contributed by atoms with Crippen molar-refractivity contribution in [2.45, 2.75) is 26.0 Å². The molecule has 1 aromatic heterocycles. The summed E-state index contributed by atoms with van der Waals surface area (Å²) in [6.45, 7) is 4.41. The third-order valence-electron chi connectivity index (χ3n) is 3.75. The number of nitrogens with zero attached hydrogens (tertiary/aromatic N) is 1. The quantitative estimate of drug-likeness (QED) is 0.730. The Kier molecular flexibility index (Phi) is 5.41. The van der Waals surface area contributed by atoms with Gasteiger partial charge in [-0.25, -0.2) is 0 Å². The number of hydrogen-bond acceptors (Lipinski definition) is 5. The van der Waals surface area contributed by atoms with Gasteiger partial charge in [-0.3, -0.25) is 5.10 Å². The summed E-state index contributed by atoms with van der Waals surface area (Å²) in [5.74, 6) is 1.33. The van der Waals surface area contributed by atoms with E-state index in [9.17, 15) is 5.11 Å². The molecule has 0 saturated heterocycles. The second-order valence-corrected chi connectivity index (χ2v) is 5.20. The largest absolute Gasteiger partial charge is 0.497 e. The summed E-state index contributed by atoms with van der Waals surface area (Å²) in [5, 5.41) is 20.7. The van der Waals surface area contributed by atoms with Crippen LogP contribution in [0.2, 0.25) is 0 Å². The normalized spacial score (nSPS) is 13.7. The maximum absolute atomic E-state index is 10.4. The van der Waals surface area contributed by atoms with Crippen LogP contribution in [0.3, 0.4) is 0 Å². The summed E-state index contributed by atoms with van der Waals surface area (Å²) < 4.78 is 10.5. The standard InChI is InChI=1S/C16H23N3O3/c1-10(14-8-18-19-11(14)2)17-9-15(20)13-7-12(21-3)5-6-16(13)22-4/h5-8,10,15,17,20H,9H2,1-4H3,(H,18,19). The molecule has 0 saturated carbocycles. The van der Waals surface area contributed by atoms with Crippen LogP contribution in [0.1, 0.15) is 35.9 Å². The molecule has 2 atom stereocenters. The van der Waals surface area contributed by atoms with Crippen LogP contribution in [0.25, 0.3) is 0 Å². The lowest BCUT2D eigenvalue weighted by Gasteiger charge is -2.19. The summed E-state index contributed by atoms with van der Waals surface area (Å²) in [7, 11) is 3.18. The Morgan fingerprint density at radius 1 is 1.27 bits per heavy atom. The van der Waals surface area contributed by atoms with Crippen molar-refractivity contribution in [3.63, 3.8) is 0 Å². The summed E-state index contributed by atoms with van der Waals surface area (Å²) in [6.07, 6.45) is 1.10. The molecule has 2 unspecified atom stereocenters. The predicted octanol–water partition coefficient (Wildman–Crippen LogP) is 2.12. The van der Waals surface area contributed by atoms with Crippen LogP contribution in [-0.4, -0.2) is 36.1 Å². The summed E-state index contributed by atoms with van der Waals surface area (Å²) in [4.78, 5) is 0. The van der Waals surface area contributed by atoms with Crippen LogP contribution in [0.15, 0.2) is 24.4 Å². The molecule has 3 N–H and O–H groups in total. The van der Waals surface area contributed by atoms with Gasteiger partial charge in [0.1, 0.15) is 11.5 Å². The van der Waals surface area contributed by atoms with Gasteiger partial charge in [-0.1, -0.05) is 0 Å². The smallest absolute Gasteiger partial charge is 0.124 e. The summed E-state index contributed by atoms with van der Waals surface area (Å²) in [6, 6.07) is 5.48. The molecule has 0 fully saturated rings. The number of hydrogen-bond donors (Lipinski definition) is 3. The minimum Gasteiger partial charge on any atom is -0.497 e. The van der Waals surface area contributed by atoms with Gasteiger partial charge in [0.2, 0.25) is 0 Å². The predicted molar refractivity (Wildman–Crippen MR) is 84.2 cm³/mol. The molecule has 2 rings (SSSR count). The van der Waals surface area contributed by atoms with Crippen molar-refractivity contribution in [2.75, 3.05) is 20.8 Å². The average molecular weight is 305 g/mol. The minimum absolute atomic E-state index is 0.0880. The fourth-order valence-corrected chi connectivity index (χ4v) is 2.40. The highest BCUT2D eigenvalue weighted by Gasteiger charge is 2.17. The topological polar surface area (TPSA) is 79.4 Å². The first kappa shape index (κ1) is 16.3. The molecule has 0 aliphatic heterocycles. The molecule has 22 heavy (non-hydrogen) atoms. The Morgan fingerprint density at radius 3 is 2.64 bits per heavy atom. The van der Waals surface area contributed by atoms with Gasteiger partial charge in [0.05, 0.1) is 26.5 Å². The SMILES string of the molecule is COc1ccc(OC)c(C(O)CNC(C)c2cn[nH]c2C)c1. The van der Waals surface area contributed by atoms with Crippen molar-refractivity contribution in [1.29, 1.82) is 0 Å². The monoisotopic (exact) mass is 305 g/mol. The van der Waals surface area contributed by atoms with E-state index in [2.05, 4.69) is 15.5 Å². The first-order chi connectivity index (χ1) is 10.6. The molecule has 2 aromatic rings. The van der Waals surface area contributed by atoms with Crippen LogP contribution < -0.4 is 14.8 Å². The molecule has 0 amide bonds. The van der Waals surface area contributed by atoms with E-state index in [4.69, 9.17) is 9.47 Å². The van der Waals surface area contributed by atoms with Crippen molar-refractivity contribution < 1.29 is 14.6 Å². The van der Waals surface area contributed by atoms with Gasteiger partial charge in [-0.05, 0) is 32.0 Å². The number of H-pyrrole nitrogens is 1. The summed E-state index contributed by atoms with van der Waals surface area (Å²) >= 11 is 0. The van der Waals surface area contributed by atoms with Gasteiger partial charge < -0.3 is 19.9 Å². The van der Waals surface area contributed by atoms with Crippen molar-refractivity contribution in [3.8, 4) is 11.5 Å². The first-order valence-electron chi connectivity index (χ1n) is 7.20. The first-order valence-corrected chi connectivity index (χ1v) is 7.20. The van der Waals surface area contributed by atoms with Gasteiger partial charge in [-0.2, -0.15) is 5.10 Å². The lowest BCUT2D eigenvalue weighted by atomic mass is 10.1. The van der Waals surface area contributed by atoms with Gasteiger partial charge in [0.15, 0.2) is 0 Å². The van der Waals surface area contributed by atoms with Crippen LogP contribution >= 0.6 is 0 Å². The third kappa shape index (κ3) is 3.58. The molecule has 0 radical (unpaired) electrons. The number of ether oxygens (including phenoxy) is 2. The second-order valence-electron chi connectivity index (χ2n) is 5.20. The lowest BCUT2D eigenvalue weighted by molar-refractivity contribution is 0.166. The number of aliphatic hydroxyl groups is 1. The van der Waals surface area contributed by atoms with Crippen molar-refractivity contribution in [1.82, 2.24) is 15.5 Å². The molecule has 6 heteroatoms. The Hall–Kier alpha value is -2.05. The molecule has 0 aliphatic rings. The molecule has 0 aliphatic carbocycles. The number of nitrogens with one attached hydrogen (secondary N) is 2. The van der Waals surface area contributed by atoms with E-state index in [1.807, 2.05) is 13.8 Å². The number of methoxy groups -OCH3 is 2. The van der Waals surface area contributed by atoms with Crippen LogP contribution in [0.5, 0.6) is 11.5 Å². The van der Waals surface area contributed by atoms with Gasteiger partial charge >= 0.3 is 0 Å². The zero-order valence-electron chi connectivity index (χ0n) is 13.4. The van der Waals surface area contributed by atoms with E-state index in [0.29, 0.717) is 23.6 Å². The maximum Gasteiger partial charge on any atom is 0.124 e. The Morgan fingerprint density at radius 2 is 2.05 bits per heavy atom. The number of benzene rings is 1. The third-order valence-corrected chi connectivity index (χ3v) is 3.75. The van der Waals surface area contributed by atoms with Gasteiger partial charge in [0, 0.05) is 29.4 Å². The van der Waals surface area contributed by atoms with Gasteiger partial charge in [-0.15, -0.1) is 0 Å². The number of rotatable bonds is 7. The molecular weight excluding hydrogens is 282 g/mol. The van der Waals surface area contributed by atoms with E-state index in [-0.39, 0.29) is 6.04 Å². The minimum atomic E-state index is -0.695. The zero-order valence-corrected chi connectivity index (χ0v) is 13.4. The van der Waals surface area contributed by atoms with Crippen molar-refractivity contribution in [2.24, 2.45) is 0 Å². The molecule has 0 spiro atoms. The Balaban J connectivity index is 2.06. The molecule has 1 aromatic carbocycles. The molecular formula is C16H23N3O3. The lowest BCUT2D eigenvalue weighted by Crippen LogP contribution is -2.25. The maximum atomic E-state index is 10.4. The van der Waals surface area contributed by atoms with Crippen molar-refractivity contribution in [3.05, 3.63) is 41.2 Å². The average Bonchev–Trinajstić information content (AvgIpc) is 2.97. The van der Waals surface area contributed by atoms with E-state index in [1.165, 1.54) is 0 Å². The Bertz CT molecular complexity index is 612. The van der Waals surface area contributed by atoms with E-state index >= 15 is 0 Å². The van der Waals surface area contributed by atoms with E-state index in [1.54, 1.807) is 38.6 Å². The molecule has 0 bridgehead atoms. The Labute approximate surface area is 130 Å². The van der Waals surface area contributed by atoms with E-state index < -0.39 is 6.10 Å². The zero-order chi connectivity index (χ0) is 16.1. The second kappa shape index (κ2) is 7.29. The highest BCUT2D eigenvalue weighted by molar-refractivity contribution is 5.41. The highest BCUT2D eigenvalue weighted by Crippen LogP contribution is 2.29. The number of aromatic nitrogens is 2. The molecule has 1 heterocycles.